The average molecular weight is 390 g/mol. The molecule has 0 atom stereocenters. The third kappa shape index (κ3) is 4.69. The van der Waals surface area contributed by atoms with Crippen LogP contribution in [-0.2, 0) is 6.42 Å². The van der Waals surface area contributed by atoms with Crippen LogP contribution in [0.25, 0.3) is 0 Å². The molecule has 1 saturated heterocycles. The first-order valence-electron chi connectivity index (χ1n) is 10.1. The second kappa shape index (κ2) is 8.97. The average Bonchev–Trinajstić information content (AvgIpc) is 3.30. The van der Waals surface area contributed by atoms with Gasteiger partial charge in [0.1, 0.15) is 5.75 Å². The van der Waals surface area contributed by atoms with Crippen molar-refractivity contribution in [3.8, 4) is 5.75 Å². The molecular formula is C24H26N2O3. The van der Waals surface area contributed by atoms with E-state index in [0.29, 0.717) is 5.76 Å². The van der Waals surface area contributed by atoms with Gasteiger partial charge in [-0.1, -0.05) is 30.3 Å². The fourth-order valence-corrected chi connectivity index (χ4v) is 3.96. The van der Waals surface area contributed by atoms with Crippen molar-refractivity contribution < 1.29 is 14.3 Å². The molecule has 3 aromatic rings. The predicted molar refractivity (Wildman–Crippen MR) is 113 cm³/mol. The van der Waals surface area contributed by atoms with E-state index in [1.807, 2.05) is 11.0 Å². The predicted octanol–water partition coefficient (Wildman–Crippen LogP) is 4.34. The molecule has 1 fully saturated rings. The lowest BCUT2D eigenvalue weighted by atomic mass is 10.0. The van der Waals surface area contributed by atoms with Crippen LogP contribution in [0.4, 0.5) is 5.69 Å². The Morgan fingerprint density at radius 1 is 1.00 bits per heavy atom. The SMILES string of the molecule is O=C(c1ccco1)N(c1ccc(O)cc1)C1CCN(CCc2ccccc2)CC1. The number of nitrogens with zero attached hydrogens (tertiary/aromatic N) is 2. The van der Waals surface area contributed by atoms with Crippen molar-refractivity contribution >= 4 is 11.6 Å². The molecule has 2 heterocycles. The van der Waals surface area contributed by atoms with Gasteiger partial charge >= 0.3 is 0 Å². The van der Waals surface area contributed by atoms with E-state index in [9.17, 15) is 9.90 Å². The first-order chi connectivity index (χ1) is 14.2. The summed E-state index contributed by atoms with van der Waals surface area (Å²) in [5, 5.41) is 9.63. The standard InChI is InChI=1S/C24H26N2O3/c27-22-10-8-20(9-11-22)26(24(28)23-7-4-18-29-23)21-13-16-25(17-14-21)15-12-19-5-2-1-3-6-19/h1-11,18,21,27H,12-17H2. The monoisotopic (exact) mass is 390 g/mol. The number of anilines is 1. The molecule has 5 heteroatoms. The third-order valence-corrected chi connectivity index (χ3v) is 5.56. The largest absolute Gasteiger partial charge is 0.508 e. The van der Waals surface area contributed by atoms with Crippen molar-refractivity contribution in [3.63, 3.8) is 0 Å². The zero-order chi connectivity index (χ0) is 20.1. The van der Waals surface area contributed by atoms with Gasteiger partial charge in [0.15, 0.2) is 5.76 Å². The molecule has 0 saturated carbocycles. The van der Waals surface area contributed by atoms with Crippen molar-refractivity contribution in [3.05, 3.63) is 84.3 Å². The van der Waals surface area contributed by atoms with Crippen molar-refractivity contribution in [1.82, 2.24) is 4.90 Å². The number of aromatic hydroxyl groups is 1. The highest BCUT2D eigenvalue weighted by molar-refractivity contribution is 6.04. The van der Waals surface area contributed by atoms with Gasteiger partial charge < -0.3 is 19.3 Å². The van der Waals surface area contributed by atoms with Gasteiger partial charge in [0, 0.05) is 31.4 Å². The van der Waals surface area contributed by atoms with Gasteiger partial charge in [0.25, 0.3) is 5.91 Å². The summed E-state index contributed by atoms with van der Waals surface area (Å²) in [5.41, 5.74) is 2.14. The van der Waals surface area contributed by atoms with E-state index in [1.165, 1.54) is 11.8 Å². The molecule has 1 amide bonds. The maximum absolute atomic E-state index is 13.1. The molecule has 0 radical (unpaired) electrons. The first kappa shape index (κ1) is 19.3. The molecule has 1 aliphatic rings. The smallest absolute Gasteiger partial charge is 0.294 e. The minimum absolute atomic E-state index is 0.102. The van der Waals surface area contributed by atoms with E-state index in [-0.39, 0.29) is 17.7 Å². The Hall–Kier alpha value is -3.05. The molecule has 150 valence electrons. The lowest BCUT2D eigenvalue weighted by molar-refractivity contribution is 0.0933. The summed E-state index contributed by atoms with van der Waals surface area (Å²) in [6.45, 7) is 2.94. The Balaban J connectivity index is 1.43. The minimum atomic E-state index is -0.136. The Kier molecular flexibility index (Phi) is 5.96. The normalized spacial score (nSPS) is 15.3. The maximum Gasteiger partial charge on any atom is 0.294 e. The van der Waals surface area contributed by atoms with Gasteiger partial charge in [-0.2, -0.15) is 0 Å². The van der Waals surface area contributed by atoms with Crippen LogP contribution in [0.5, 0.6) is 5.75 Å². The number of phenols is 1. The Morgan fingerprint density at radius 2 is 1.72 bits per heavy atom. The second-order valence-corrected chi connectivity index (χ2v) is 7.48. The third-order valence-electron chi connectivity index (χ3n) is 5.56. The van der Waals surface area contributed by atoms with E-state index in [4.69, 9.17) is 4.42 Å². The highest BCUT2D eigenvalue weighted by Gasteiger charge is 2.31. The van der Waals surface area contributed by atoms with Gasteiger partial charge in [-0.15, -0.1) is 0 Å². The number of piperidine rings is 1. The lowest BCUT2D eigenvalue weighted by Gasteiger charge is -2.38. The molecule has 4 rings (SSSR count). The molecule has 5 nitrogen and oxygen atoms in total. The van der Waals surface area contributed by atoms with Gasteiger partial charge in [0.05, 0.1) is 6.26 Å². The zero-order valence-corrected chi connectivity index (χ0v) is 16.4. The summed E-state index contributed by atoms with van der Waals surface area (Å²) in [6, 6.07) is 20.9. The van der Waals surface area contributed by atoms with E-state index < -0.39 is 0 Å². The van der Waals surface area contributed by atoms with Crippen LogP contribution in [0.2, 0.25) is 0 Å². The van der Waals surface area contributed by atoms with Crippen molar-refractivity contribution in [2.75, 3.05) is 24.5 Å². The zero-order valence-electron chi connectivity index (χ0n) is 16.4. The van der Waals surface area contributed by atoms with Crippen LogP contribution in [-0.4, -0.2) is 41.6 Å². The number of likely N-dealkylation sites (tertiary alicyclic amines) is 1. The number of phenolic OH excluding ortho intramolecular Hbond substituents is 1. The fourth-order valence-electron chi connectivity index (χ4n) is 3.96. The maximum atomic E-state index is 13.1. The van der Waals surface area contributed by atoms with Crippen LogP contribution >= 0.6 is 0 Å². The van der Waals surface area contributed by atoms with Gasteiger partial charge in [-0.3, -0.25) is 4.79 Å². The summed E-state index contributed by atoms with van der Waals surface area (Å²) < 4.78 is 5.37. The van der Waals surface area contributed by atoms with Crippen molar-refractivity contribution in [2.45, 2.75) is 25.3 Å². The molecule has 0 spiro atoms. The summed E-state index contributed by atoms with van der Waals surface area (Å²) in [4.78, 5) is 17.4. The van der Waals surface area contributed by atoms with E-state index >= 15 is 0 Å². The fraction of sp³-hybridized carbons (Fsp3) is 0.292. The molecular weight excluding hydrogens is 364 g/mol. The Morgan fingerprint density at radius 3 is 2.38 bits per heavy atom. The number of amides is 1. The number of carbonyl (C=O) groups excluding carboxylic acids is 1. The van der Waals surface area contributed by atoms with Gasteiger partial charge in [0.2, 0.25) is 0 Å². The topological polar surface area (TPSA) is 56.9 Å². The Labute approximate surface area is 171 Å². The highest BCUT2D eigenvalue weighted by atomic mass is 16.3. The second-order valence-electron chi connectivity index (χ2n) is 7.48. The summed E-state index contributed by atoms with van der Waals surface area (Å²) in [6.07, 6.45) is 4.37. The summed E-state index contributed by atoms with van der Waals surface area (Å²) >= 11 is 0. The highest BCUT2D eigenvalue weighted by Crippen LogP contribution is 2.27. The molecule has 1 aliphatic heterocycles. The minimum Gasteiger partial charge on any atom is -0.508 e. The van der Waals surface area contributed by atoms with Gasteiger partial charge in [-0.25, -0.2) is 0 Å². The number of furan rings is 1. The number of benzene rings is 2. The lowest BCUT2D eigenvalue weighted by Crippen LogP contribution is -2.48. The van der Waals surface area contributed by atoms with Gasteiger partial charge in [-0.05, 0) is 61.2 Å². The number of hydrogen-bond donors (Lipinski definition) is 1. The van der Waals surface area contributed by atoms with E-state index in [0.717, 1.165) is 44.6 Å². The van der Waals surface area contributed by atoms with Crippen LogP contribution in [0, 0.1) is 0 Å². The molecule has 0 bridgehead atoms. The van der Waals surface area contributed by atoms with Crippen molar-refractivity contribution in [1.29, 1.82) is 0 Å². The van der Waals surface area contributed by atoms with Crippen LogP contribution < -0.4 is 4.90 Å². The van der Waals surface area contributed by atoms with Crippen LogP contribution in [0.3, 0.4) is 0 Å². The first-order valence-corrected chi connectivity index (χ1v) is 10.1. The van der Waals surface area contributed by atoms with Crippen LogP contribution in [0.1, 0.15) is 29.0 Å². The van der Waals surface area contributed by atoms with E-state index in [1.54, 1.807) is 36.4 Å². The molecule has 2 aromatic carbocycles. The number of hydrogen-bond acceptors (Lipinski definition) is 4. The number of rotatable bonds is 6. The van der Waals surface area contributed by atoms with Crippen molar-refractivity contribution in [2.24, 2.45) is 0 Å². The summed E-state index contributed by atoms with van der Waals surface area (Å²) in [7, 11) is 0. The van der Waals surface area contributed by atoms with E-state index in [2.05, 4.69) is 29.2 Å². The molecule has 0 unspecified atom stereocenters. The molecule has 1 N–H and O–H groups in total. The Bertz CT molecular complexity index is 899. The quantitative estimate of drug-likeness (QED) is 0.680. The molecule has 29 heavy (non-hydrogen) atoms. The van der Waals surface area contributed by atoms with Crippen LogP contribution in [0.15, 0.2) is 77.4 Å². The molecule has 0 aliphatic carbocycles. The summed E-state index contributed by atoms with van der Waals surface area (Å²) in [5.74, 6) is 0.392. The molecule has 1 aromatic heterocycles. The number of carbonyl (C=O) groups is 1.